The van der Waals surface area contributed by atoms with Crippen molar-refractivity contribution in [3.05, 3.63) is 88.4 Å². The lowest BCUT2D eigenvalue weighted by Gasteiger charge is -2.27. The number of nitrogens with one attached hydrogen (secondary N) is 1. The van der Waals surface area contributed by atoms with Gasteiger partial charge in [0.1, 0.15) is 0 Å². The van der Waals surface area contributed by atoms with Crippen LogP contribution >= 0.6 is 15.9 Å². The molecule has 0 spiro atoms. The van der Waals surface area contributed by atoms with E-state index in [2.05, 4.69) is 36.6 Å². The highest BCUT2D eigenvalue weighted by Gasteiger charge is 2.26. The van der Waals surface area contributed by atoms with Crippen LogP contribution in [0.3, 0.4) is 0 Å². The Kier molecular flexibility index (Phi) is 5.76. The van der Waals surface area contributed by atoms with Crippen LogP contribution in [0.25, 0.3) is 16.7 Å². The first-order chi connectivity index (χ1) is 16.0. The van der Waals surface area contributed by atoms with Gasteiger partial charge in [0, 0.05) is 10.2 Å². The van der Waals surface area contributed by atoms with Crippen LogP contribution in [0.5, 0.6) is 11.5 Å². The number of halogens is 3. The van der Waals surface area contributed by atoms with Gasteiger partial charge in [-0.3, -0.25) is 4.57 Å². The maximum Gasteiger partial charge on any atom is 0.387 e. The third-order valence-electron chi connectivity index (χ3n) is 5.43. The van der Waals surface area contributed by atoms with Crippen LogP contribution in [0.1, 0.15) is 24.1 Å². The van der Waals surface area contributed by atoms with Crippen LogP contribution < -0.4 is 14.8 Å². The number of imidazole rings is 1. The summed E-state index contributed by atoms with van der Waals surface area (Å²) >= 11 is 3.48. The number of alkyl halides is 2. The molecule has 0 aliphatic carbocycles. The summed E-state index contributed by atoms with van der Waals surface area (Å²) in [6, 6.07) is 20.7. The maximum absolute atomic E-state index is 12.9. The number of ether oxygens (including phenoxy) is 2. The molecule has 5 nitrogen and oxygen atoms in total. The fourth-order valence-corrected chi connectivity index (χ4v) is 4.29. The number of anilines is 1. The molecule has 0 amide bonds. The van der Waals surface area contributed by atoms with Gasteiger partial charge in [-0.25, -0.2) is 4.98 Å². The Balaban J connectivity index is 1.66. The van der Waals surface area contributed by atoms with Gasteiger partial charge in [-0.05, 0) is 60.5 Å². The molecule has 5 rings (SSSR count). The number of hydrogen-bond acceptors (Lipinski definition) is 4. The van der Waals surface area contributed by atoms with Gasteiger partial charge >= 0.3 is 6.61 Å². The number of nitrogens with zero attached hydrogens (tertiary/aromatic N) is 2. The van der Waals surface area contributed by atoms with Gasteiger partial charge in [-0.1, -0.05) is 46.3 Å². The minimum atomic E-state index is -2.93. The molecule has 0 fully saturated rings. The molecule has 0 saturated heterocycles. The van der Waals surface area contributed by atoms with E-state index in [0.717, 1.165) is 32.3 Å². The number of para-hydroxylation sites is 2. The molecular formula is C25H20BrF2N3O2. The highest BCUT2D eigenvalue weighted by atomic mass is 79.9. The lowest BCUT2D eigenvalue weighted by Crippen LogP contribution is -2.19. The quantitative estimate of drug-likeness (QED) is 0.307. The molecule has 0 unspecified atom stereocenters. The molecule has 33 heavy (non-hydrogen) atoms. The molecule has 0 saturated carbocycles. The van der Waals surface area contributed by atoms with E-state index in [1.165, 1.54) is 6.07 Å². The smallest absolute Gasteiger partial charge is 0.387 e. The van der Waals surface area contributed by atoms with Crippen molar-refractivity contribution >= 4 is 38.6 Å². The SMILES string of the molecule is CCOc1cc([C@H]2C=C(c3ccc(Br)cc3)Nc3nc4ccccc4n32)ccc1OC(F)F. The molecule has 168 valence electrons. The molecule has 1 aliphatic rings. The van der Waals surface area contributed by atoms with E-state index in [-0.39, 0.29) is 17.5 Å². The van der Waals surface area contributed by atoms with Crippen LogP contribution in [0, 0.1) is 0 Å². The van der Waals surface area contributed by atoms with Crippen LogP contribution in [-0.2, 0) is 0 Å². The summed E-state index contributed by atoms with van der Waals surface area (Å²) in [4.78, 5) is 4.78. The van der Waals surface area contributed by atoms with Crippen molar-refractivity contribution in [1.29, 1.82) is 0 Å². The van der Waals surface area contributed by atoms with Gasteiger partial charge in [0.05, 0.1) is 23.7 Å². The third-order valence-corrected chi connectivity index (χ3v) is 5.95. The Morgan fingerprint density at radius 2 is 1.85 bits per heavy atom. The second kappa shape index (κ2) is 8.86. The Hall–Kier alpha value is -3.39. The lowest BCUT2D eigenvalue weighted by atomic mass is 10.0. The van der Waals surface area contributed by atoms with Crippen molar-refractivity contribution < 1.29 is 18.3 Å². The zero-order chi connectivity index (χ0) is 22.9. The average molecular weight is 512 g/mol. The maximum atomic E-state index is 12.9. The average Bonchev–Trinajstić information content (AvgIpc) is 3.18. The standard InChI is InChI=1S/C25H20BrF2N3O2/c1-2-32-23-13-16(9-12-22(23)33-24(27)28)21-14-19(15-7-10-17(26)11-8-15)30-25-29-18-5-3-4-6-20(18)31(21)25/h3-14,21,24H,2H2,1H3,(H,29,30)/t21-/m1/s1. The van der Waals surface area contributed by atoms with E-state index in [4.69, 9.17) is 9.72 Å². The van der Waals surface area contributed by atoms with E-state index in [1.807, 2.05) is 48.5 Å². The third kappa shape index (κ3) is 4.18. The molecular weight excluding hydrogens is 492 g/mol. The summed E-state index contributed by atoms with van der Waals surface area (Å²) < 4.78 is 39.1. The molecule has 8 heteroatoms. The molecule has 1 N–H and O–H groups in total. The fraction of sp³-hybridized carbons (Fsp3) is 0.160. The Bertz CT molecular complexity index is 1340. The van der Waals surface area contributed by atoms with Crippen LogP contribution in [0.15, 0.2) is 77.3 Å². The van der Waals surface area contributed by atoms with Gasteiger partial charge in [-0.2, -0.15) is 8.78 Å². The van der Waals surface area contributed by atoms with Crippen molar-refractivity contribution in [3.8, 4) is 11.5 Å². The molecule has 0 bridgehead atoms. The molecule has 3 aromatic carbocycles. The monoisotopic (exact) mass is 511 g/mol. The van der Waals surface area contributed by atoms with Gasteiger partial charge in [0.2, 0.25) is 5.95 Å². The summed E-state index contributed by atoms with van der Waals surface area (Å²) in [6.45, 7) is -0.799. The first kappa shape index (κ1) is 21.5. The van der Waals surface area contributed by atoms with Crippen molar-refractivity contribution in [3.63, 3.8) is 0 Å². The minimum absolute atomic E-state index is 0.0114. The second-order valence-corrected chi connectivity index (χ2v) is 8.38. The largest absolute Gasteiger partial charge is 0.490 e. The van der Waals surface area contributed by atoms with Gasteiger partial charge in [0.25, 0.3) is 0 Å². The van der Waals surface area contributed by atoms with Crippen molar-refractivity contribution in [2.45, 2.75) is 19.6 Å². The number of fused-ring (bicyclic) bond motifs is 3. The van der Waals surface area contributed by atoms with E-state index in [0.29, 0.717) is 12.6 Å². The predicted molar refractivity (Wildman–Crippen MR) is 128 cm³/mol. The Labute approximate surface area is 197 Å². The second-order valence-electron chi connectivity index (χ2n) is 7.47. The van der Waals surface area contributed by atoms with Gasteiger partial charge in [-0.15, -0.1) is 0 Å². The lowest BCUT2D eigenvalue weighted by molar-refractivity contribution is -0.0514. The topological polar surface area (TPSA) is 48.3 Å². The molecule has 1 aliphatic heterocycles. The van der Waals surface area contributed by atoms with Crippen LogP contribution in [0.2, 0.25) is 0 Å². The van der Waals surface area contributed by atoms with Gasteiger partial charge < -0.3 is 14.8 Å². The number of aromatic nitrogens is 2. The van der Waals surface area contributed by atoms with Crippen molar-refractivity contribution in [2.24, 2.45) is 0 Å². The number of benzene rings is 3. The van der Waals surface area contributed by atoms with Crippen LogP contribution in [0.4, 0.5) is 14.7 Å². The fourth-order valence-electron chi connectivity index (χ4n) is 4.02. The molecule has 1 aromatic heterocycles. The zero-order valence-electron chi connectivity index (χ0n) is 17.6. The van der Waals surface area contributed by atoms with E-state index in [9.17, 15) is 8.78 Å². The van der Waals surface area contributed by atoms with E-state index >= 15 is 0 Å². The first-order valence-corrected chi connectivity index (χ1v) is 11.3. The Morgan fingerprint density at radius 3 is 2.61 bits per heavy atom. The van der Waals surface area contributed by atoms with Crippen molar-refractivity contribution in [1.82, 2.24) is 9.55 Å². The number of allylic oxidation sites excluding steroid dienone is 1. The zero-order valence-corrected chi connectivity index (χ0v) is 19.2. The molecule has 0 radical (unpaired) electrons. The highest BCUT2D eigenvalue weighted by Crippen LogP contribution is 2.40. The van der Waals surface area contributed by atoms with Crippen LogP contribution in [-0.4, -0.2) is 22.8 Å². The van der Waals surface area contributed by atoms with E-state index < -0.39 is 6.61 Å². The highest BCUT2D eigenvalue weighted by molar-refractivity contribution is 9.10. The number of rotatable bonds is 6. The summed E-state index contributed by atoms with van der Waals surface area (Å²) in [5.41, 5.74) is 4.59. The first-order valence-electron chi connectivity index (χ1n) is 10.5. The minimum Gasteiger partial charge on any atom is -0.490 e. The normalized spacial score (nSPS) is 15.2. The summed E-state index contributed by atoms with van der Waals surface area (Å²) in [5.74, 6) is 0.989. The molecule has 4 aromatic rings. The Morgan fingerprint density at radius 1 is 1.06 bits per heavy atom. The van der Waals surface area contributed by atoms with E-state index in [1.54, 1.807) is 19.1 Å². The summed E-state index contributed by atoms with van der Waals surface area (Å²) in [7, 11) is 0. The van der Waals surface area contributed by atoms with Crippen molar-refractivity contribution in [2.75, 3.05) is 11.9 Å². The predicted octanol–water partition coefficient (Wildman–Crippen LogP) is 6.85. The summed E-state index contributed by atoms with van der Waals surface area (Å²) in [5, 5.41) is 3.44. The molecule has 1 atom stereocenters. The number of hydrogen-bond donors (Lipinski definition) is 1. The molecule has 2 heterocycles. The van der Waals surface area contributed by atoms with Gasteiger partial charge in [0.15, 0.2) is 11.5 Å². The summed E-state index contributed by atoms with van der Waals surface area (Å²) in [6.07, 6.45) is 2.10.